The van der Waals surface area contributed by atoms with Gasteiger partial charge in [0, 0.05) is 16.7 Å². The van der Waals surface area contributed by atoms with E-state index in [0.29, 0.717) is 11.8 Å². The van der Waals surface area contributed by atoms with Gasteiger partial charge in [-0.25, -0.2) is 0 Å². The number of nitrogens with zero attached hydrogens (tertiary/aromatic N) is 3. The van der Waals surface area contributed by atoms with Gasteiger partial charge in [-0.15, -0.1) is 11.8 Å². The molecule has 1 aromatic carbocycles. The summed E-state index contributed by atoms with van der Waals surface area (Å²) in [6, 6.07) is 6.62. The second-order valence-electron chi connectivity index (χ2n) is 5.12. The Kier molecular flexibility index (Phi) is 5.01. The topological polar surface area (TPSA) is 76.7 Å². The summed E-state index contributed by atoms with van der Waals surface area (Å²) in [6.07, 6.45) is 0. The molecule has 1 unspecified atom stereocenters. The van der Waals surface area contributed by atoms with E-state index in [1.54, 1.807) is 6.92 Å². The van der Waals surface area contributed by atoms with Crippen molar-refractivity contribution in [2.75, 3.05) is 16.8 Å². The summed E-state index contributed by atoms with van der Waals surface area (Å²) in [5, 5.41) is 3.26. The van der Waals surface area contributed by atoms with E-state index in [1.807, 2.05) is 11.8 Å². The number of anilines is 2. The largest absolute Gasteiger partial charge is 0.368 e. The highest BCUT2D eigenvalue weighted by Gasteiger charge is 2.08. The predicted molar refractivity (Wildman–Crippen MR) is 88.7 cm³/mol. The monoisotopic (exact) mass is 303 g/mol. The lowest BCUT2D eigenvalue weighted by Crippen LogP contribution is -2.20. The molecule has 2 rings (SSSR count). The summed E-state index contributed by atoms with van der Waals surface area (Å²) in [5.74, 6) is 2.34. The zero-order valence-electron chi connectivity index (χ0n) is 12.8. The number of nitrogens with two attached hydrogens (primary N) is 1. The van der Waals surface area contributed by atoms with E-state index in [1.165, 1.54) is 16.0 Å². The van der Waals surface area contributed by atoms with Crippen molar-refractivity contribution < 1.29 is 0 Å². The third-order valence-electron chi connectivity index (χ3n) is 3.18. The molecule has 0 bridgehead atoms. The average Bonchev–Trinajstić information content (AvgIpc) is 2.39. The van der Waals surface area contributed by atoms with Gasteiger partial charge in [-0.05, 0) is 44.9 Å². The zero-order chi connectivity index (χ0) is 15.4. The molecule has 1 heterocycles. The Balaban J connectivity index is 1.95. The molecule has 6 heteroatoms. The molecule has 1 atom stereocenters. The molecular formula is C15H21N5S. The lowest BCUT2D eigenvalue weighted by Gasteiger charge is -2.15. The lowest BCUT2D eigenvalue weighted by atomic mass is 10.1. The molecule has 5 nitrogen and oxygen atoms in total. The second-order valence-corrected chi connectivity index (χ2v) is 6.18. The highest BCUT2D eigenvalue weighted by Crippen LogP contribution is 2.25. The first-order valence-electron chi connectivity index (χ1n) is 6.89. The normalized spacial score (nSPS) is 12.2. The third kappa shape index (κ3) is 4.32. The van der Waals surface area contributed by atoms with Crippen molar-refractivity contribution in [1.29, 1.82) is 0 Å². The van der Waals surface area contributed by atoms with Gasteiger partial charge in [0.15, 0.2) is 0 Å². The van der Waals surface area contributed by atoms with Crippen LogP contribution in [-0.2, 0) is 0 Å². The van der Waals surface area contributed by atoms with Gasteiger partial charge in [0.2, 0.25) is 11.9 Å². The molecule has 0 amide bonds. The van der Waals surface area contributed by atoms with Crippen LogP contribution in [0, 0.1) is 20.8 Å². The molecular weight excluding hydrogens is 282 g/mol. The van der Waals surface area contributed by atoms with Crippen molar-refractivity contribution in [3.8, 4) is 0 Å². The van der Waals surface area contributed by atoms with Crippen LogP contribution < -0.4 is 11.1 Å². The Morgan fingerprint density at radius 1 is 1.19 bits per heavy atom. The minimum absolute atomic E-state index is 0.233. The van der Waals surface area contributed by atoms with E-state index in [2.05, 4.69) is 59.2 Å². The average molecular weight is 303 g/mol. The Morgan fingerprint density at radius 3 is 2.67 bits per heavy atom. The Labute approximate surface area is 129 Å². The van der Waals surface area contributed by atoms with Crippen molar-refractivity contribution in [3.05, 3.63) is 35.2 Å². The van der Waals surface area contributed by atoms with Gasteiger partial charge in [-0.1, -0.05) is 12.1 Å². The number of aryl methyl sites for hydroxylation is 2. The smallest absolute Gasteiger partial charge is 0.227 e. The Bertz CT molecular complexity index is 609. The number of benzene rings is 1. The van der Waals surface area contributed by atoms with Gasteiger partial charge in [0.05, 0.1) is 0 Å². The highest BCUT2D eigenvalue weighted by molar-refractivity contribution is 7.99. The molecule has 3 N–H and O–H groups in total. The summed E-state index contributed by atoms with van der Waals surface area (Å²) < 4.78 is 0. The van der Waals surface area contributed by atoms with Crippen LogP contribution in [-0.4, -0.2) is 26.7 Å². The number of aromatic nitrogens is 3. The fraction of sp³-hybridized carbons (Fsp3) is 0.400. The van der Waals surface area contributed by atoms with E-state index in [4.69, 9.17) is 5.73 Å². The minimum atomic E-state index is 0.233. The first-order valence-corrected chi connectivity index (χ1v) is 7.88. The van der Waals surface area contributed by atoms with Crippen LogP contribution in [0.25, 0.3) is 0 Å². The van der Waals surface area contributed by atoms with E-state index < -0.39 is 0 Å². The van der Waals surface area contributed by atoms with E-state index in [9.17, 15) is 0 Å². The summed E-state index contributed by atoms with van der Waals surface area (Å²) in [4.78, 5) is 13.6. The van der Waals surface area contributed by atoms with Crippen molar-refractivity contribution >= 4 is 23.7 Å². The molecule has 1 aromatic heterocycles. The molecule has 0 fully saturated rings. The summed E-state index contributed by atoms with van der Waals surface area (Å²) in [7, 11) is 0. The van der Waals surface area contributed by atoms with Gasteiger partial charge < -0.3 is 11.1 Å². The van der Waals surface area contributed by atoms with Crippen molar-refractivity contribution in [2.24, 2.45) is 0 Å². The van der Waals surface area contributed by atoms with E-state index in [0.717, 1.165) is 5.75 Å². The van der Waals surface area contributed by atoms with Crippen LogP contribution in [0.2, 0.25) is 0 Å². The first kappa shape index (κ1) is 15.6. The molecule has 0 aliphatic carbocycles. The second kappa shape index (κ2) is 6.76. The SMILES string of the molecule is Cc1nc(N)nc(NC(C)CSc2cccc(C)c2C)n1. The van der Waals surface area contributed by atoms with E-state index in [-0.39, 0.29) is 12.0 Å². The van der Waals surface area contributed by atoms with Gasteiger partial charge in [0.25, 0.3) is 0 Å². The van der Waals surface area contributed by atoms with Crippen LogP contribution >= 0.6 is 11.8 Å². The summed E-state index contributed by atoms with van der Waals surface area (Å²) >= 11 is 1.83. The van der Waals surface area contributed by atoms with Crippen molar-refractivity contribution in [3.63, 3.8) is 0 Å². The fourth-order valence-electron chi connectivity index (χ4n) is 1.92. The van der Waals surface area contributed by atoms with Crippen LogP contribution in [0.5, 0.6) is 0 Å². The number of nitrogens with one attached hydrogen (secondary N) is 1. The maximum atomic E-state index is 5.63. The van der Waals surface area contributed by atoms with E-state index >= 15 is 0 Å². The van der Waals surface area contributed by atoms with Gasteiger partial charge in [-0.3, -0.25) is 0 Å². The van der Waals surface area contributed by atoms with Crippen molar-refractivity contribution in [1.82, 2.24) is 15.0 Å². The third-order valence-corrected chi connectivity index (χ3v) is 4.60. The fourth-order valence-corrected chi connectivity index (χ4v) is 2.99. The number of hydrogen-bond acceptors (Lipinski definition) is 6. The molecule has 0 spiro atoms. The number of nitrogen functional groups attached to an aromatic ring is 1. The Morgan fingerprint density at radius 2 is 1.95 bits per heavy atom. The molecule has 0 saturated heterocycles. The minimum Gasteiger partial charge on any atom is -0.368 e. The van der Waals surface area contributed by atoms with Gasteiger partial charge >= 0.3 is 0 Å². The number of thioether (sulfide) groups is 1. The summed E-state index contributed by atoms with van der Waals surface area (Å²) in [6.45, 7) is 8.20. The van der Waals surface area contributed by atoms with Crippen molar-refractivity contribution in [2.45, 2.75) is 38.6 Å². The van der Waals surface area contributed by atoms with Crippen LogP contribution in [0.15, 0.2) is 23.1 Å². The molecule has 0 saturated carbocycles. The maximum Gasteiger partial charge on any atom is 0.227 e. The standard InChI is InChI=1S/C15H21N5S/c1-9-6-5-7-13(11(9)3)21-8-10(2)17-15-19-12(4)18-14(16)20-15/h5-7,10H,8H2,1-4H3,(H3,16,17,18,19,20). The predicted octanol–water partition coefficient (Wildman–Crippen LogP) is 2.97. The summed E-state index contributed by atoms with van der Waals surface area (Å²) in [5.41, 5.74) is 8.29. The van der Waals surface area contributed by atoms with Crippen LogP contribution in [0.3, 0.4) is 0 Å². The zero-order valence-corrected chi connectivity index (χ0v) is 13.7. The molecule has 0 radical (unpaired) electrons. The molecule has 0 aliphatic heterocycles. The molecule has 2 aromatic rings. The van der Waals surface area contributed by atoms with Gasteiger partial charge in [-0.2, -0.15) is 15.0 Å². The number of rotatable bonds is 5. The molecule has 112 valence electrons. The molecule has 0 aliphatic rings. The maximum absolute atomic E-state index is 5.63. The molecule has 21 heavy (non-hydrogen) atoms. The van der Waals surface area contributed by atoms with Crippen LogP contribution in [0.1, 0.15) is 23.9 Å². The first-order chi connectivity index (χ1) is 9.95. The Hall–Kier alpha value is -1.82. The van der Waals surface area contributed by atoms with Gasteiger partial charge in [0.1, 0.15) is 5.82 Å². The number of hydrogen-bond donors (Lipinski definition) is 2. The lowest BCUT2D eigenvalue weighted by molar-refractivity contribution is 0.869. The van der Waals surface area contributed by atoms with Crippen LogP contribution in [0.4, 0.5) is 11.9 Å². The quantitative estimate of drug-likeness (QED) is 0.827. The highest BCUT2D eigenvalue weighted by atomic mass is 32.2.